The Morgan fingerprint density at radius 1 is 1.32 bits per heavy atom. The molecule has 0 aliphatic rings. The van der Waals surface area contributed by atoms with Crippen LogP contribution in [0.5, 0.6) is 0 Å². The van der Waals surface area contributed by atoms with E-state index in [9.17, 15) is 13.6 Å². The molecule has 2 N–H and O–H groups in total. The summed E-state index contributed by atoms with van der Waals surface area (Å²) in [5, 5.41) is 8.83. The zero-order chi connectivity index (χ0) is 13.7. The molecule has 0 aliphatic carbocycles. The Kier molecular flexibility index (Phi) is 4.17. The number of amides is 1. The second-order valence-electron chi connectivity index (χ2n) is 3.89. The molecule has 2 aromatic rings. The van der Waals surface area contributed by atoms with Gasteiger partial charge in [0.15, 0.2) is 0 Å². The molecule has 1 amide bonds. The first kappa shape index (κ1) is 13.1. The van der Waals surface area contributed by atoms with E-state index >= 15 is 0 Å². The van der Waals surface area contributed by atoms with Crippen LogP contribution in [0.25, 0.3) is 0 Å². The second-order valence-corrected chi connectivity index (χ2v) is 3.89. The highest BCUT2D eigenvalue weighted by atomic mass is 19.1. The summed E-state index contributed by atoms with van der Waals surface area (Å²) in [5.41, 5.74) is -0.554. The third-order valence-electron chi connectivity index (χ3n) is 2.53. The number of carbonyl (C=O) groups is 1. The van der Waals surface area contributed by atoms with Gasteiger partial charge in [0, 0.05) is 13.0 Å². The van der Waals surface area contributed by atoms with Crippen molar-refractivity contribution in [2.24, 2.45) is 0 Å². The van der Waals surface area contributed by atoms with Crippen molar-refractivity contribution in [1.82, 2.24) is 20.5 Å². The maximum Gasteiger partial charge on any atom is 0.257 e. The molecule has 0 fully saturated rings. The first-order chi connectivity index (χ1) is 9.18. The summed E-state index contributed by atoms with van der Waals surface area (Å²) < 4.78 is 26.6. The number of hydrogen-bond acceptors (Lipinski definition) is 3. The SMILES string of the molecule is O=C(NCCCc1ncn[nH]1)c1c(F)cccc1F. The molecule has 1 aromatic heterocycles. The number of aromatic nitrogens is 3. The Bertz CT molecular complexity index is 537. The lowest BCUT2D eigenvalue weighted by Gasteiger charge is -2.06. The van der Waals surface area contributed by atoms with Crippen LogP contribution in [-0.2, 0) is 6.42 Å². The number of aromatic amines is 1. The Hall–Kier alpha value is -2.31. The summed E-state index contributed by atoms with van der Waals surface area (Å²) in [6.07, 6.45) is 2.58. The fraction of sp³-hybridized carbons (Fsp3) is 0.250. The summed E-state index contributed by atoms with van der Waals surface area (Å²) in [5.74, 6) is -1.79. The molecule has 0 radical (unpaired) electrons. The van der Waals surface area contributed by atoms with Crippen molar-refractivity contribution >= 4 is 5.91 Å². The average Bonchev–Trinajstić information content (AvgIpc) is 2.87. The van der Waals surface area contributed by atoms with Crippen molar-refractivity contribution in [2.45, 2.75) is 12.8 Å². The van der Waals surface area contributed by atoms with Crippen LogP contribution in [0.1, 0.15) is 22.6 Å². The lowest BCUT2D eigenvalue weighted by atomic mass is 10.2. The molecule has 0 aliphatic heterocycles. The van der Waals surface area contributed by atoms with Gasteiger partial charge in [-0.05, 0) is 18.6 Å². The minimum Gasteiger partial charge on any atom is -0.352 e. The number of H-pyrrole nitrogens is 1. The molecule has 5 nitrogen and oxygen atoms in total. The fourth-order valence-electron chi connectivity index (χ4n) is 1.61. The number of nitrogens with one attached hydrogen (secondary N) is 2. The lowest BCUT2D eigenvalue weighted by molar-refractivity contribution is 0.0944. The van der Waals surface area contributed by atoms with Gasteiger partial charge in [0.05, 0.1) is 0 Å². The van der Waals surface area contributed by atoms with E-state index in [4.69, 9.17) is 0 Å². The monoisotopic (exact) mass is 266 g/mol. The van der Waals surface area contributed by atoms with Crippen LogP contribution in [0.2, 0.25) is 0 Å². The van der Waals surface area contributed by atoms with E-state index in [0.29, 0.717) is 25.2 Å². The number of nitrogens with zero attached hydrogens (tertiary/aromatic N) is 2. The van der Waals surface area contributed by atoms with Crippen LogP contribution < -0.4 is 5.32 Å². The summed E-state index contributed by atoms with van der Waals surface area (Å²) in [6.45, 7) is 0.299. The average molecular weight is 266 g/mol. The molecule has 0 atom stereocenters. The molecule has 0 spiro atoms. The van der Waals surface area contributed by atoms with Gasteiger partial charge in [-0.15, -0.1) is 0 Å². The van der Waals surface area contributed by atoms with Crippen molar-refractivity contribution in [1.29, 1.82) is 0 Å². The Morgan fingerprint density at radius 3 is 2.68 bits per heavy atom. The van der Waals surface area contributed by atoms with Gasteiger partial charge in [-0.3, -0.25) is 9.89 Å². The number of aryl methyl sites for hydroxylation is 1. The van der Waals surface area contributed by atoms with Gasteiger partial charge in [0.2, 0.25) is 0 Å². The summed E-state index contributed by atoms with van der Waals surface area (Å²) in [7, 11) is 0. The Labute approximate surface area is 108 Å². The van der Waals surface area contributed by atoms with Crippen molar-refractivity contribution in [3.63, 3.8) is 0 Å². The molecule has 0 unspecified atom stereocenters. The normalized spacial score (nSPS) is 10.4. The summed E-state index contributed by atoms with van der Waals surface area (Å²) >= 11 is 0. The Balaban J connectivity index is 1.84. The van der Waals surface area contributed by atoms with E-state index in [2.05, 4.69) is 20.5 Å². The number of hydrogen-bond donors (Lipinski definition) is 2. The van der Waals surface area contributed by atoms with Gasteiger partial charge < -0.3 is 5.32 Å². The molecule has 1 heterocycles. The number of carbonyl (C=O) groups excluding carboxylic acids is 1. The van der Waals surface area contributed by atoms with Crippen LogP contribution in [0.4, 0.5) is 8.78 Å². The van der Waals surface area contributed by atoms with E-state index in [-0.39, 0.29) is 0 Å². The van der Waals surface area contributed by atoms with Crippen LogP contribution in [0.15, 0.2) is 24.5 Å². The second kappa shape index (κ2) is 6.03. The topological polar surface area (TPSA) is 70.7 Å². The fourth-order valence-corrected chi connectivity index (χ4v) is 1.61. The zero-order valence-corrected chi connectivity index (χ0v) is 9.99. The molecule has 0 bridgehead atoms. The van der Waals surface area contributed by atoms with Crippen LogP contribution >= 0.6 is 0 Å². The van der Waals surface area contributed by atoms with Gasteiger partial charge in [0.25, 0.3) is 5.91 Å². The quantitative estimate of drug-likeness (QED) is 0.804. The van der Waals surface area contributed by atoms with Crippen LogP contribution in [0.3, 0.4) is 0 Å². The van der Waals surface area contributed by atoms with E-state index in [1.807, 2.05) is 0 Å². The molecule has 100 valence electrons. The van der Waals surface area contributed by atoms with Crippen molar-refractivity contribution < 1.29 is 13.6 Å². The minimum absolute atomic E-state index is 0.299. The first-order valence-electron chi connectivity index (χ1n) is 5.75. The van der Waals surface area contributed by atoms with Crippen LogP contribution in [0, 0.1) is 11.6 Å². The molecule has 1 aromatic carbocycles. The molecule has 0 saturated carbocycles. The van der Waals surface area contributed by atoms with Crippen LogP contribution in [-0.4, -0.2) is 27.6 Å². The molecular weight excluding hydrogens is 254 g/mol. The largest absolute Gasteiger partial charge is 0.352 e. The summed E-state index contributed by atoms with van der Waals surface area (Å²) in [6, 6.07) is 3.31. The number of rotatable bonds is 5. The molecule has 7 heteroatoms. The highest BCUT2D eigenvalue weighted by molar-refractivity contribution is 5.94. The minimum atomic E-state index is -0.868. The van der Waals surface area contributed by atoms with Gasteiger partial charge in [-0.2, -0.15) is 5.10 Å². The Morgan fingerprint density at radius 2 is 2.05 bits per heavy atom. The number of benzene rings is 1. The van der Waals surface area contributed by atoms with E-state index in [1.54, 1.807) is 0 Å². The van der Waals surface area contributed by atoms with E-state index in [1.165, 1.54) is 12.4 Å². The predicted molar refractivity (Wildman–Crippen MR) is 63.4 cm³/mol. The highest BCUT2D eigenvalue weighted by Crippen LogP contribution is 2.11. The van der Waals surface area contributed by atoms with E-state index < -0.39 is 23.1 Å². The van der Waals surface area contributed by atoms with Gasteiger partial charge >= 0.3 is 0 Å². The van der Waals surface area contributed by atoms with Gasteiger partial charge in [0.1, 0.15) is 29.3 Å². The van der Waals surface area contributed by atoms with Gasteiger partial charge in [-0.1, -0.05) is 6.07 Å². The highest BCUT2D eigenvalue weighted by Gasteiger charge is 2.16. The maximum atomic E-state index is 13.3. The smallest absolute Gasteiger partial charge is 0.257 e. The predicted octanol–water partition coefficient (Wildman–Crippen LogP) is 1.45. The number of halogens is 2. The zero-order valence-electron chi connectivity index (χ0n) is 9.99. The maximum absolute atomic E-state index is 13.3. The molecule has 0 saturated heterocycles. The lowest BCUT2D eigenvalue weighted by Crippen LogP contribution is -2.26. The van der Waals surface area contributed by atoms with Crippen molar-refractivity contribution in [2.75, 3.05) is 6.54 Å². The molecule has 2 rings (SSSR count). The summed E-state index contributed by atoms with van der Waals surface area (Å²) in [4.78, 5) is 15.5. The molecule has 19 heavy (non-hydrogen) atoms. The third kappa shape index (κ3) is 3.34. The molecular formula is C12H12F2N4O. The van der Waals surface area contributed by atoms with Crippen molar-refractivity contribution in [3.05, 3.63) is 47.5 Å². The first-order valence-corrected chi connectivity index (χ1v) is 5.75. The van der Waals surface area contributed by atoms with Gasteiger partial charge in [-0.25, -0.2) is 13.8 Å². The standard InChI is InChI=1S/C12H12F2N4O/c13-8-3-1-4-9(14)11(8)12(19)15-6-2-5-10-16-7-17-18-10/h1,3-4,7H,2,5-6H2,(H,15,19)(H,16,17,18). The third-order valence-corrected chi connectivity index (χ3v) is 2.53. The van der Waals surface area contributed by atoms with Crippen molar-refractivity contribution in [3.8, 4) is 0 Å². The van der Waals surface area contributed by atoms with E-state index in [0.717, 1.165) is 12.1 Å².